The molecule has 2 aromatic rings. The number of nitrogens with one attached hydrogen (secondary N) is 2. The van der Waals surface area contributed by atoms with Crippen molar-refractivity contribution in [2.45, 2.75) is 66.7 Å². The molecule has 1 saturated heterocycles. The van der Waals surface area contributed by atoms with Crippen LogP contribution in [-0.2, 0) is 17.6 Å². The second-order valence-electron chi connectivity index (χ2n) is 11.4. The highest BCUT2D eigenvalue weighted by atomic mass is 32.1. The van der Waals surface area contributed by atoms with Crippen molar-refractivity contribution in [1.29, 1.82) is 0 Å². The molecule has 196 valence electrons. The number of thiophene rings is 1. The molecule has 36 heavy (non-hydrogen) atoms. The number of carbonyl (C=O) groups excluding carboxylic acids is 2. The Morgan fingerprint density at radius 2 is 1.78 bits per heavy atom. The number of nitrogens with zero attached hydrogens (tertiary/aromatic N) is 1. The van der Waals surface area contributed by atoms with Crippen LogP contribution < -0.4 is 15.4 Å². The van der Waals surface area contributed by atoms with Crippen LogP contribution in [0.2, 0.25) is 0 Å². The fraction of sp³-hybridized carbons (Fsp3) is 0.586. The Morgan fingerprint density at radius 1 is 1.08 bits per heavy atom. The fourth-order valence-corrected chi connectivity index (χ4v) is 6.58. The average molecular weight is 512 g/mol. The van der Waals surface area contributed by atoms with E-state index in [9.17, 15) is 9.59 Å². The maximum Gasteiger partial charge on any atom is 0.258 e. The van der Waals surface area contributed by atoms with Crippen molar-refractivity contribution in [2.75, 3.05) is 36.9 Å². The molecule has 0 saturated carbocycles. The number of benzene rings is 1. The molecule has 1 aliphatic heterocycles. The quantitative estimate of drug-likeness (QED) is 0.463. The molecule has 0 spiro atoms. The molecule has 2 N–H and O–H groups in total. The zero-order valence-electron chi connectivity index (χ0n) is 22.4. The lowest BCUT2D eigenvalue weighted by Crippen LogP contribution is -2.38. The Balaban J connectivity index is 1.55. The zero-order chi connectivity index (χ0) is 25.9. The van der Waals surface area contributed by atoms with Gasteiger partial charge >= 0.3 is 0 Å². The van der Waals surface area contributed by atoms with Gasteiger partial charge < -0.3 is 15.4 Å². The lowest BCUT2D eigenvalue weighted by Gasteiger charge is -2.33. The van der Waals surface area contributed by atoms with E-state index in [-0.39, 0.29) is 17.2 Å². The molecule has 7 heteroatoms. The summed E-state index contributed by atoms with van der Waals surface area (Å²) in [7, 11) is 0. The first kappa shape index (κ1) is 26.7. The van der Waals surface area contributed by atoms with Crippen LogP contribution in [0.25, 0.3) is 0 Å². The first-order chi connectivity index (χ1) is 17.1. The number of carbonyl (C=O) groups is 2. The molecule has 1 unspecified atom stereocenters. The molecule has 0 radical (unpaired) electrons. The topological polar surface area (TPSA) is 70.7 Å². The van der Waals surface area contributed by atoms with Gasteiger partial charge in [-0.2, -0.15) is 0 Å². The Bertz CT molecular complexity index is 1060. The van der Waals surface area contributed by atoms with Crippen molar-refractivity contribution in [3.63, 3.8) is 0 Å². The maximum atomic E-state index is 13.6. The lowest BCUT2D eigenvalue weighted by molar-refractivity contribution is -0.117. The monoisotopic (exact) mass is 511 g/mol. The Hall–Kier alpha value is -2.38. The molecular weight excluding hydrogens is 470 g/mol. The molecule has 2 amide bonds. The molecule has 1 atom stereocenters. The largest absolute Gasteiger partial charge is 0.494 e. The molecule has 2 aliphatic rings. The summed E-state index contributed by atoms with van der Waals surface area (Å²) in [6.07, 6.45) is 5.12. The minimum absolute atomic E-state index is 0.0364. The number of hydrogen-bond donors (Lipinski definition) is 2. The number of anilines is 2. The van der Waals surface area contributed by atoms with Gasteiger partial charge in [0.2, 0.25) is 5.91 Å². The smallest absolute Gasteiger partial charge is 0.258 e. The normalized spacial score (nSPS) is 19.0. The van der Waals surface area contributed by atoms with Gasteiger partial charge in [-0.3, -0.25) is 14.5 Å². The van der Waals surface area contributed by atoms with E-state index >= 15 is 0 Å². The van der Waals surface area contributed by atoms with Crippen LogP contribution in [0.1, 0.15) is 74.7 Å². The standard InChI is InChI=1S/C29H41N3O3S/c1-6-35-22-10-8-21(9-11-22)30-27(34)26-23-12-7-20(29(3,4)5)17-24(23)36-28(26)31-25(33)18-32-15-13-19(2)14-16-32/h8-11,19-20H,6-7,12-18H2,1-5H3,(H,30,34)(H,31,33). The van der Waals surface area contributed by atoms with E-state index in [2.05, 4.69) is 43.2 Å². The van der Waals surface area contributed by atoms with Crippen molar-refractivity contribution in [1.82, 2.24) is 4.90 Å². The Kier molecular flexibility index (Phi) is 8.41. The molecule has 1 aromatic heterocycles. The lowest BCUT2D eigenvalue weighted by atomic mass is 9.72. The van der Waals surface area contributed by atoms with Gasteiger partial charge in [0, 0.05) is 10.6 Å². The van der Waals surface area contributed by atoms with Gasteiger partial charge in [-0.15, -0.1) is 11.3 Å². The predicted molar refractivity (Wildman–Crippen MR) is 148 cm³/mol. The Morgan fingerprint density at radius 3 is 2.42 bits per heavy atom. The first-order valence-electron chi connectivity index (χ1n) is 13.3. The Labute approximate surface area is 219 Å². The van der Waals surface area contributed by atoms with Crippen molar-refractivity contribution in [3.05, 3.63) is 40.3 Å². The third-order valence-electron chi connectivity index (χ3n) is 7.64. The molecule has 1 aliphatic carbocycles. The number of hydrogen-bond acceptors (Lipinski definition) is 5. The molecule has 4 rings (SSSR count). The van der Waals surface area contributed by atoms with Gasteiger partial charge in [-0.1, -0.05) is 27.7 Å². The van der Waals surface area contributed by atoms with Crippen LogP contribution in [0.15, 0.2) is 24.3 Å². The van der Waals surface area contributed by atoms with Crippen molar-refractivity contribution in [3.8, 4) is 5.75 Å². The number of rotatable bonds is 7. The minimum atomic E-state index is -0.159. The second-order valence-corrected chi connectivity index (χ2v) is 12.5. The molecule has 2 heterocycles. The average Bonchev–Trinajstić information content (AvgIpc) is 3.18. The van der Waals surface area contributed by atoms with Gasteiger partial charge in [0.25, 0.3) is 5.91 Å². The van der Waals surface area contributed by atoms with Crippen molar-refractivity contribution in [2.24, 2.45) is 17.3 Å². The van der Waals surface area contributed by atoms with E-state index in [0.29, 0.717) is 35.3 Å². The first-order valence-corrected chi connectivity index (χ1v) is 14.2. The van der Waals surface area contributed by atoms with E-state index in [4.69, 9.17) is 4.74 Å². The highest BCUT2D eigenvalue weighted by Crippen LogP contribution is 2.44. The van der Waals surface area contributed by atoms with Crippen LogP contribution in [0.4, 0.5) is 10.7 Å². The summed E-state index contributed by atoms with van der Waals surface area (Å²) in [5, 5.41) is 6.87. The van der Waals surface area contributed by atoms with E-state index in [1.165, 1.54) is 4.88 Å². The third-order valence-corrected chi connectivity index (χ3v) is 8.81. The van der Waals surface area contributed by atoms with Crippen molar-refractivity contribution < 1.29 is 14.3 Å². The number of ether oxygens (including phenoxy) is 1. The van der Waals surface area contributed by atoms with E-state index < -0.39 is 0 Å². The third kappa shape index (κ3) is 6.48. The molecule has 6 nitrogen and oxygen atoms in total. The molecule has 1 aromatic carbocycles. The van der Waals surface area contributed by atoms with Crippen LogP contribution in [0, 0.1) is 17.3 Å². The van der Waals surface area contributed by atoms with Gasteiger partial charge in [0.1, 0.15) is 10.8 Å². The molecular formula is C29H41N3O3S. The van der Waals surface area contributed by atoms with Crippen LogP contribution >= 0.6 is 11.3 Å². The van der Waals surface area contributed by atoms with Crippen LogP contribution in [-0.4, -0.2) is 43.0 Å². The summed E-state index contributed by atoms with van der Waals surface area (Å²) in [4.78, 5) is 30.1. The van der Waals surface area contributed by atoms with E-state index in [0.717, 1.165) is 62.4 Å². The minimum Gasteiger partial charge on any atom is -0.494 e. The molecule has 1 fully saturated rings. The summed E-state index contributed by atoms with van der Waals surface area (Å²) < 4.78 is 5.52. The van der Waals surface area contributed by atoms with E-state index in [1.54, 1.807) is 11.3 Å². The number of likely N-dealkylation sites (tertiary alicyclic amines) is 1. The van der Waals surface area contributed by atoms with Gasteiger partial charge in [-0.05, 0) is 99.2 Å². The van der Waals surface area contributed by atoms with Gasteiger partial charge in [0.15, 0.2) is 0 Å². The predicted octanol–water partition coefficient (Wildman–Crippen LogP) is 6.22. The van der Waals surface area contributed by atoms with Gasteiger partial charge in [-0.25, -0.2) is 0 Å². The summed E-state index contributed by atoms with van der Waals surface area (Å²) in [6, 6.07) is 7.43. The molecule has 0 bridgehead atoms. The highest BCUT2D eigenvalue weighted by Gasteiger charge is 2.34. The number of amides is 2. The van der Waals surface area contributed by atoms with E-state index in [1.807, 2.05) is 31.2 Å². The SMILES string of the molecule is CCOc1ccc(NC(=O)c2c(NC(=O)CN3CCC(C)CC3)sc3c2CCC(C(C)(C)C)C3)cc1. The fourth-order valence-electron chi connectivity index (χ4n) is 5.24. The number of piperidine rings is 1. The summed E-state index contributed by atoms with van der Waals surface area (Å²) in [6.45, 7) is 14.0. The van der Waals surface area contributed by atoms with Crippen molar-refractivity contribution >= 4 is 33.8 Å². The summed E-state index contributed by atoms with van der Waals surface area (Å²) in [5.74, 6) is 1.86. The zero-order valence-corrected chi connectivity index (χ0v) is 23.2. The van der Waals surface area contributed by atoms with Gasteiger partial charge in [0.05, 0.1) is 18.7 Å². The second kappa shape index (κ2) is 11.3. The highest BCUT2D eigenvalue weighted by molar-refractivity contribution is 7.17. The van der Waals surface area contributed by atoms with Crippen LogP contribution in [0.3, 0.4) is 0 Å². The van der Waals surface area contributed by atoms with Crippen LogP contribution in [0.5, 0.6) is 5.75 Å². The summed E-state index contributed by atoms with van der Waals surface area (Å²) >= 11 is 1.59. The maximum absolute atomic E-state index is 13.6. The number of fused-ring (bicyclic) bond motifs is 1. The summed E-state index contributed by atoms with van der Waals surface area (Å²) in [5.41, 5.74) is 2.66.